The van der Waals surface area contributed by atoms with Gasteiger partial charge in [-0.15, -0.1) is 0 Å². The van der Waals surface area contributed by atoms with Crippen LogP contribution in [0.15, 0.2) is 76.6 Å². The van der Waals surface area contributed by atoms with Crippen molar-refractivity contribution in [2.75, 3.05) is 0 Å². The van der Waals surface area contributed by atoms with Crippen molar-refractivity contribution in [1.29, 1.82) is 0 Å². The van der Waals surface area contributed by atoms with Crippen LogP contribution in [-0.2, 0) is 6.61 Å². The van der Waals surface area contributed by atoms with Gasteiger partial charge in [-0.05, 0) is 41.5 Å². The van der Waals surface area contributed by atoms with Gasteiger partial charge in [0.15, 0.2) is 0 Å². The second kappa shape index (κ2) is 8.20. The van der Waals surface area contributed by atoms with Crippen LogP contribution < -0.4 is 10.3 Å². The summed E-state index contributed by atoms with van der Waals surface area (Å²) in [6.45, 7) is 2.03. The van der Waals surface area contributed by atoms with E-state index in [1.807, 2.05) is 66.7 Å². The normalized spacial score (nSPS) is 11.2. The van der Waals surface area contributed by atoms with Crippen LogP contribution in [0.1, 0.15) is 16.8 Å². The van der Waals surface area contributed by atoms with Gasteiger partial charge in [-0.1, -0.05) is 60.7 Å². The zero-order valence-corrected chi connectivity index (χ0v) is 16.5. The highest BCUT2D eigenvalue weighted by Crippen LogP contribution is 2.27. The maximum Gasteiger partial charge on any atom is 0.296 e. The Kier molecular flexibility index (Phi) is 5.31. The fourth-order valence-corrected chi connectivity index (χ4v) is 3.14. The third-order valence-corrected chi connectivity index (χ3v) is 4.75. The summed E-state index contributed by atoms with van der Waals surface area (Å²) < 4.78 is 7.33. The van der Waals surface area contributed by atoms with Crippen molar-refractivity contribution >= 4 is 29.2 Å². The Morgan fingerprint density at radius 3 is 2.69 bits per heavy atom. The van der Waals surface area contributed by atoms with Crippen LogP contribution in [-0.4, -0.2) is 21.1 Å². The number of ether oxygens (including phenoxy) is 1. The molecule has 3 aromatic carbocycles. The van der Waals surface area contributed by atoms with Crippen LogP contribution >= 0.6 is 12.2 Å². The quantitative estimate of drug-likeness (QED) is 0.401. The summed E-state index contributed by atoms with van der Waals surface area (Å²) in [5.74, 6) is 0.671. The largest absolute Gasteiger partial charge is 0.488 e. The highest BCUT2D eigenvalue weighted by Gasteiger charge is 2.09. The molecule has 0 fully saturated rings. The number of aryl methyl sites for hydroxylation is 1. The average molecular weight is 402 g/mol. The lowest BCUT2D eigenvalue weighted by atomic mass is 10.0. The Bertz CT molecular complexity index is 1310. The van der Waals surface area contributed by atoms with E-state index in [-0.39, 0.29) is 16.0 Å². The van der Waals surface area contributed by atoms with Crippen LogP contribution in [0.4, 0.5) is 0 Å². The molecule has 4 rings (SSSR count). The summed E-state index contributed by atoms with van der Waals surface area (Å²) in [7, 11) is 0. The lowest BCUT2D eigenvalue weighted by Gasteiger charge is -2.12. The lowest BCUT2D eigenvalue weighted by molar-refractivity contribution is 0.306. The van der Waals surface area contributed by atoms with E-state index in [0.717, 1.165) is 26.6 Å². The topological polar surface area (TPSA) is 72.3 Å². The molecule has 0 unspecified atom stereocenters. The zero-order valence-electron chi connectivity index (χ0n) is 15.7. The molecule has 144 valence electrons. The third-order valence-electron chi connectivity index (χ3n) is 4.48. The number of nitrogens with one attached hydrogen (secondary N) is 1. The number of H-pyrrole nitrogens is 1. The minimum atomic E-state index is -0.364. The lowest BCUT2D eigenvalue weighted by Crippen LogP contribution is -2.22. The van der Waals surface area contributed by atoms with Crippen molar-refractivity contribution in [2.24, 2.45) is 5.10 Å². The standard InChI is InChI=1S/C22H18N4O2S/c1-15-21(27)26(22(29)25-24-15)23-13-19-18-10-6-5-9-17(18)11-12-20(19)28-14-16-7-3-2-4-8-16/h2-13H,14H2,1H3,(H,25,29)/b23-13+. The monoisotopic (exact) mass is 402 g/mol. The fraction of sp³-hybridized carbons (Fsp3) is 0.0909. The minimum Gasteiger partial charge on any atom is -0.488 e. The van der Waals surface area contributed by atoms with Gasteiger partial charge in [0.05, 0.1) is 6.21 Å². The van der Waals surface area contributed by atoms with Crippen molar-refractivity contribution in [1.82, 2.24) is 14.9 Å². The Morgan fingerprint density at radius 2 is 1.86 bits per heavy atom. The molecule has 0 bridgehead atoms. The summed E-state index contributed by atoms with van der Waals surface area (Å²) in [6.07, 6.45) is 1.60. The summed E-state index contributed by atoms with van der Waals surface area (Å²) in [4.78, 5) is 12.3. The molecule has 0 atom stereocenters. The van der Waals surface area contributed by atoms with Gasteiger partial charge in [0.2, 0.25) is 4.77 Å². The molecule has 6 nitrogen and oxygen atoms in total. The van der Waals surface area contributed by atoms with Gasteiger partial charge < -0.3 is 4.74 Å². The van der Waals surface area contributed by atoms with Crippen molar-refractivity contribution in [3.8, 4) is 5.75 Å². The van der Waals surface area contributed by atoms with Gasteiger partial charge in [0.1, 0.15) is 18.1 Å². The molecule has 1 aromatic heterocycles. The Labute approximate surface area is 172 Å². The van der Waals surface area contributed by atoms with Gasteiger partial charge in [-0.2, -0.15) is 14.9 Å². The molecule has 1 heterocycles. The van der Waals surface area contributed by atoms with Crippen LogP contribution in [0.5, 0.6) is 5.75 Å². The fourth-order valence-electron chi connectivity index (χ4n) is 2.96. The summed E-state index contributed by atoms with van der Waals surface area (Å²) in [5.41, 5.74) is 1.76. The Hall–Kier alpha value is -3.58. The SMILES string of the molecule is Cc1n[nH]c(=S)n(/N=C/c2c(OCc3ccccc3)ccc3ccccc23)c1=O. The first-order valence-corrected chi connectivity index (χ1v) is 9.45. The average Bonchev–Trinajstić information content (AvgIpc) is 2.76. The van der Waals surface area contributed by atoms with Crippen molar-refractivity contribution in [2.45, 2.75) is 13.5 Å². The zero-order chi connectivity index (χ0) is 20.2. The maximum atomic E-state index is 12.3. The highest BCUT2D eigenvalue weighted by molar-refractivity contribution is 7.71. The number of aromatic nitrogens is 3. The number of hydrogen-bond donors (Lipinski definition) is 1. The van der Waals surface area contributed by atoms with Crippen molar-refractivity contribution in [3.63, 3.8) is 0 Å². The molecule has 0 radical (unpaired) electrons. The van der Waals surface area contributed by atoms with E-state index in [1.54, 1.807) is 13.1 Å². The molecule has 4 aromatic rings. The van der Waals surface area contributed by atoms with Crippen molar-refractivity contribution < 1.29 is 4.74 Å². The molecule has 0 saturated carbocycles. The van der Waals surface area contributed by atoms with E-state index in [1.165, 1.54) is 0 Å². The second-order valence-corrected chi connectivity index (χ2v) is 6.84. The van der Waals surface area contributed by atoms with Gasteiger partial charge in [0, 0.05) is 5.56 Å². The summed E-state index contributed by atoms with van der Waals surface area (Å²) in [5, 5.41) is 12.8. The summed E-state index contributed by atoms with van der Waals surface area (Å²) in [6, 6.07) is 21.8. The number of fused-ring (bicyclic) bond motifs is 1. The van der Waals surface area contributed by atoms with E-state index in [9.17, 15) is 4.79 Å². The smallest absolute Gasteiger partial charge is 0.296 e. The van der Waals surface area contributed by atoms with Crippen LogP contribution in [0, 0.1) is 11.7 Å². The number of hydrogen-bond acceptors (Lipinski definition) is 5. The number of rotatable bonds is 5. The third kappa shape index (κ3) is 4.00. The molecule has 0 aliphatic carbocycles. The van der Waals surface area contributed by atoms with E-state index in [2.05, 4.69) is 15.3 Å². The van der Waals surface area contributed by atoms with Crippen LogP contribution in [0.2, 0.25) is 0 Å². The second-order valence-electron chi connectivity index (χ2n) is 6.45. The first-order valence-electron chi connectivity index (χ1n) is 9.04. The van der Waals surface area contributed by atoms with Crippen LogP contribution in [0.3, 0.4) is 0 Å². The van der Waals surface area contributed by atoms with E-state index in [4.69, 9.17) is 17.0 Å². The molecule has 0 saturated heterocycles. The molecular weight excluding hydrogens is 384 g/mol. The van der Waals surface area contributed by atoms with Gasteiger partial charge in [0.25, 0.3) is 5.56 Å². The highest BCUT2D eigenvalue weighted by atomic mass is 32.1. The Morgan fingerprint density at radius 1 is 1.10 bits per heavy atom. The van der Waals surface area contributed by atoms with Gasteiger partial charge >= 0.3 is 0 Å². The maximum absolute atomic E-state index is 12.3. The molecule has 29 heavy (non-hydrogen) atoms. The predicted molar refractivity (Wildman–Crippen MR) is 116 cm³/mol. The molecule has 7 heteroatoms. The summed E-state index contributed by atoms with van der Waals surface area (Å²) >= 11 is 5.16. The van der Waals surface area contributed by atoms with E-state index < -0.39 is 0 Å². The van der Waals surface area contributed by atoms with Gasteiger partial charge in [-0.3, -0.25) is 9.89 Å². The molecule has 0 amide bonds. The Balaban J connectivity index is 1.78. The molecule has 0 spiro atoms. The van der Waals surface area contributed by atoms with Crippen LogP contribution in [0.25, 0.3) is 10.8 Å². The minimum absolute atomic E-state index is 0.129. The number of benzene rings is 3. The molecule has 0 aliphatic rings. The van der Waals surface area contributed by atoms with Gasteiger partial charge in [-0.25, -0.2) is 0 Å². The molecule has 0 aliphatic heterocycles. The van der Waals surface area contributed by atoms with E-state index >= 15 is 0 Å². The first kappa shape index (κ1) is 18.8. The first-order chi connectivity index (χ1) is 14.1. The molecular formula is C22H18N4O2S. The number of nitrogens with zero attached hydrogens (tertiary/aromatic N) is 3. The predicted octanol–water partition coefficient (Wildman–Crippen LogP) is 4.22. The van der Waals surface area contributed by atoms with Crippen molar-refractivity contribution in [3.05, 3.63) is 98.7 Å². The molecule has 1 N–H and O–H groups in total. The number of aromatic amines is 1. The van der Waals surface area contributed by atoms with E-state index in [0.29, 0.717) is 12.4 Å².